The molecule has 2 nitrogen and oxygen atoms in total. The number of aryl methyl sites for hydroxylation is 1. The van der Waals surface area contributed by atoms with E-state index in [1.165, 1.54) is 5.56 Å². The molecule has 2 rings (SSSR count). The number of aliphatic hydroxyl groups excluding tert-OH is 1. The first-order valence-electron chi connectivity index (χ1n) is 4.96. The second-order valence-corrected chi connectivity index (χ2v) is 3.67. The lowest BCUT2D eigenvalue weighted by Crippen LogP contribution is -2.35. The van der Waals surface area contributed by atoms with Crippen LogP contribution in [0.4, 0.5) is 5.69 Å². The highest BCUT2D eigenvalue weighted by atomic mass is 16.3. The maximum Gasteiger partial charge on any atom is 0.0919 e. The lowest BCUT2D eigenvalue weighted by molar-refractivity contribution is 0.193. The highest BCUT2D eigenvalue weighted by Gasteiger charge is 2.21. The molecule has 1 aliphatic rings. The maximum absolute atomic E-state index is 9.63. The van der Waals surface area contributed by atoms with Gasteiger partial charge in [0.1, 0.15) is 0 Å². The smallest absolute Gasteiger partial charge is 0.0919 e. The normalized spacial score (nSPS) is 21.9. The second kappa shape index (κ2) is 3.84. The van der Waals surface area contributed by atoms with Crippen LogP contribution < -0.4 is 5.32 Å². The summed E-state index contributed by atoms with van der Waals surface area (Å²) in [5.74, 6) is 0. The fourth-order valence-corrected chi connectivity index (χ4v) is 1.88. The quantitative estimate of drug-likeness (QED) is 0.697. The number of fused-ring (bicyclic) bond motifs is 1. The van der Waals surface area contributed by atoms with E-state index in [4.69, 9.17) is 0 Å². The van der Waals surface area contributed by atoms with E-state index in [1.54, 1.807) is 6.08 Å². The number of rotatable bonds is 2. The maximum atomic E-state index is 9.63. The Morgan fingerprint density at radius 1 is 1.50 bits per heavy atom. The third-order valence-corrected chi connectivity index (χ3v) is 2.74. The average molecular weight is 189 g/mol. The lowest BCUT2D eigenvalue weighted by atomic mass is 9.95. The monoisotopic (exact) mass is 189 g/mol. The van der Waals surface area contributed by atoms with Gasteiger partial charge in [0.2, 0.25) is 0 Å². The van der Waals surface area contributed by atoms with Crippen molar-refractivity contribution in [3.63, 3.8) is 0 Å². The van der Waals surface area contributed by atoms with Crippen LogP contribution >= 0.6 is 0 Å². The molecule has 0 bridgehead atoms. The topological polar surface area (TPSA) is 32.3 Å². The predicted molar refractivity (Wildman–Crippen MR) is 58.4 cm³/mol. The first-order valence-corrected chi connectivity index (χ1v) is 4.96. The number of hydrogen-bond acceptors (Lipinski definition) is 2. The van der Waals surface area contributed by atoms with Crippen LogP contribution in [0.15, 0.2) is 36.9 Å². The predicted octanol–water partition coefficient (Wildman–Crippen LogP) is 1.96. The summed E-state index contributed by atoms with van der Waals surface area (Å²) in [5.41, 5.74) is 2.48. The first kappa shape index (κ1) is 9.28. The Kier molecular flexibility index (Phi) is 2.55. The number of benzene rings is 1. The van der Waals surface area contributed by atoms with E-state index in [0.717, 1.165) is 18.5 Å². The van der Waals surface area contributed by atoms with Crippen LogP contribution in [0.25, 0.3) is 0 Å². The summed E-state index contributed by atoms with van der Waals surface area (Å²) in [7, 11) is 0. The van der Waals surface area contributed by atoms with Gasteiger partial charge in [-0.3, -0.25) is 0 Å². The summed E-state index contributed by atoms with van der Waals surface area (Å²) in [6.07, 6.45) is 3.12. The summed E-state index contributed by atoms with van der Waals surface area (Å²) >= 11 is 0. The molecule has 0 spiro atoms. The Hall–Kier alpha value is -1.28. The van der Waals surface area contributed by atoms with E-state index >= 15 is 0 Å². The Morgan fingerprint density at radius 2 is 2.29 bits per heavy atom. The van der Waals surface area contributed by atoms with Gasteiger partial charge >= 0.3 is 0 Å². The van der Waals surface area contributed by atoms with Crippen molar-refractivity contribution in [3.05, 3.63) is 42.5 Å². The molecule has 1 aliphatic heterocycles. The average Bonchev–Trinajstić information content (AvgIpc) is 2.27. The van der Waals surface area contributed by atoms with Crippen molar-refractivity contribution < 1.29 is 5.11 Å². The molecule has 1 aromatic carbocycles. The standard InChI is InChI=1S/C12H15NO/c1-2-12(14)11-8-7-9-5-3-4-6-10(9)13-11/h2-6,11-14H,1,7-8H2. The fraction of sp³-hybridized carbons (Fsp3) is 0.333. The van der Waals surface area contributed by atoms with Gasteiger partial charge in [0, 0.05) is 5.69 Å². The molecule has 0 fully saturated rings. The molecule has 0 aromatic heterocycles. The van der Waals surface area contributed by atoms with Crippen molar-refractivity contribution in [1.29, 1.82) is 0 Å². The summed E-state index contributed by atoms with van der Waals surface area (Å²) in [4.78, 5) is 0. The summed E-state index contributed by atoms with van der Waals surface area (Å²) in [6, 6.07) is 8.34. The molecule has 2 N–H and O–H groups in total. The van der Waals surface area contributed by atoms with E-state index in [2.05, 4.69) is 24.0 Å². The largest absolute Gasteiger partial charge is 0.387 e. The van der Waals surface area contributed by atoms with Crippen molar-refractivity contribution in [2.24, 2.45) is 0 Å². The van der Waals surface area contributed by atoms with E-state index in [0.29, 0.717) is 0 Å². The summed E-state index contributed by atoms with van der Waals surface area (Å²) < 4.78 is 0. The molecule has 0 amide bonds. The second-order valence-electron chi connectivity index (χ2n) is 3.67. The first-order chi connectivity index (χ1) is 6.81. The molecule has 1 heterocycles. The van der Waals surface area contributed by atoms with Crippen molar-refractivity contribution in [2.45, 2.75) is 25.0 Å². The molecular weight excluding hydrogens is 174 g/mol. The van der Waals surface area contributed by atoms with E-state index in [-0.39, 0.29) is 6.04 Å². The lowest BCUT2D eigenvalue weighted by Gasteiger charge is -2.29. The Balaban J connectivity index is 2.17. The third-order valence-electron chi connectivity index (χ3n) is 2.74. The molecule has 2 heteroatoms. The zero-order chi connectivity index (χ0) is 9.97. The van der Waals surface area contributed by atoms with Gasteiger partial charge < -0.3 is 10.4 Å². The number of para-hydroxylation sites is 1. The highest BCUT2D eigenvalue weighted by molar-refractivity contribution is 5.54. The van der Waals surface area contributed by atoms with Gasteiger partial charge in [0.05, 0.1) is 12.1 Å². The van der Waals surface area contributed by atoms with Crippen molar-refractivity contribution in [3.8, 4) is 0 Å². The molecule has 1 aromatic rings. The van der Waals surface area contributed by atoms with Gasteiger partial charge in [0.15, 0.2) is 0 Å². The third kappa shape index (κ3) is 1.66. The van der Waals surface area contributed by atoms with Crippen LogP contribution in [0.5, 0.6) is 0 Å². The SMILES string of the molecule is C=CC(O)C1CCc2ccccc2N1. The molecule has 0 saturated carbocycles. The van der Waals surface area contributed by atoms with Crippen LogP contribution in [-0.4, -0.2) is 17.3 Å². The van der Waals surface area contributed by atoms with Gasteiger partial charge in [-0.05, 0) is 24.5 Å². The van der Waals surface area contributed by atoms with E-state index < -0.39 is 6.10 Å². The molecular formula is C12H15NO. The number of anilines is 1. The molecule has 74 valence electrons. The molecule has 2 unspecified atom stereocenters. The van der Waals surface area contributed by atoms with Crippen molar-refractivity contribution in [1.82, 2.24) is 0 Å². The Labute approximate surface area is 84.3 Å². The van der Waals surface area contributed by atoms with E-state index in [9.17, 15) is 5.11 Å². The van der Waals surface area contributed by atoms with E-state index in [1.807, 2.05) is 12.1 Å². The minimum Gasteiger partial charge on any atom is -0.387 e. The molecule has 0 saturated heterocycles. The zero-order valence-corrected chi connectivity index (χ0v) is 8.11. The van der Waals surface area contributed by atoms with Crippen molar-refractivity contribution in [2.75, 3.05) is 5.32 Å². The zero-order valence-electron chi connectivity index (χ0n) is 8.11. The van der Waals surface area contributed by atoms with Gasteiger partial charge in [-0.15, -0.1) is 6.58 Å². The van der Waals surface area contributed by atoms with Crippen LogP contribution in [0.2, 0.25) is 0 Å². The van der Waals surface area contributed by atoms with Crippen LogP contribution in [0, 0.1) is 0 Å². The number of nitrogens with one attached hydrogen (secondary N) is 1. The van der Waals surface area contributed by atoms with Gasteiger partial charge in [-0.1, -0.05) is 24.3 Å². The minimum atomic E-state index is -0.455. The molecule has 14 heavy (non-hydrogen) atoms. The van der Waals surface area contributed by atoms with Crippen molar-refractivity contribution >= 4 is 5.69 Å². The van der Waals surface area contributed by atoms with Crippen LogP contribution in [0.3, 0.4) is 0 Å². The van der Waals surface area contributed by atoms with Gasteiger partial charge in [-0.2, -0.15) is 0 Å². The highest BCUT2D eigenvalue weighted by Crippen LogP contribution is 2.25. The summed E-state index contributed by atoms with van der Waals surface area (Å²) in [5, 5.41) is 13.0. The molecule has 2 atom stereocenters. The minimum absolute atomic E-state index is 0.113. The Bertz CT molecular complexity index is 335. The van der Waals surface area contributed by atoms with Gasteiger partial charge in [-0.25, -0.2) is 0 Å². The number of aliphatic hydroxyl groups is 1. The summed E-state index contributed by atoms with van der Waals surface area (Å²) in [6.45, 7) is 3.60. The fourth-order valence-electron chi connectivity index (χ4n) is 1.88. The van der Waals surface area contributed by atoms with Gasteiger partial charge in [0.25, 0.3) is 0 Å². The molecule has 0 radical (unpaired) electrons. The van der Waals surface area contributed by atoms with Crippen LogP contribution in [-0.2, 0) is 6.42 Å². The van der Waals surface area contributed by atoms with Crippen LogP contribution in [0.1, 0.15) is 12.0 Å². The Morgan fingerprint density at radius 3 is 3.07 bits per heavy atom. The number of hydrogen-bond donors (Lipinski definition) is 2. The molecule has 0 aliphatic carbocycles.